The summed E-state index contributed by atoms with van der Waals surface area (Å²) in [5.74, 6) is 0.178. The van der Waals surface area contributed by atoms with Crippen LogP contribution in [0.15, 0.2) is 0 Å². The molecule has 68 valence electrons. The molecular formula is C8H14N2O2. The molecule has 1 aliphatic rings. The zero-order chi connectivity index (χ0) is 8.81. The molecule has 0 aromatic rings. The molecule has 1 saturated heterocycles. The fraction of sp³-hybridized carbons (Fsp3) is 0.750. The summed E-state index contributed by atoms with van der Waals surface area (Å²) < 4.78 is 0. The van der Waals surface area contributed by atoms with E-state index in [4.69, 9.17) is 0 Å². The van der Waals surface area contributed by atoms with Gasteiger partial charge in [-0.3, -0.25) is 9.59 Å². The number of carbonyl (C=O) groups is 2. The molecule has 4 heteroatoms. The number of amides is 2. The van der Waals surface area contributed by atoms with Gasteiger partial charge in [0.2, 0.25) is 11.8 Å². The average Bonchev–Trinajstić information content (AvgIpc) is 2.06. The summed E-state index contributed by atoms with van der Waals surface area (Å²) in [6.07, 6.45) is 2.50. The number of nitrogens with one attached hydrogen (secondary N) is 2. The standard InChI is InChI=1S/C8H14N2O2/c11-7-3-1-5-9-8(12)4-2-6-10-7/h1-6H2,(H,9,12)(H,10,11). The minimum atomic E-state index is 0.0890. The highest BCUT2D eigenvalue weighted by Gasteiger charge is 2.05. The van der Waals surface area contributed by atoms with Crippen LogP contribution in [0.25, 0.3) is 0 Å². The highest BCUT2D eigenvalue weighted by Crippen LogP contribution is 1.93. The molecule has 1 fully saturated rings. The molecule has 0 aromatic carbocycles. The first-order chi connectivity index (χ1) is 5.79. The topological polar surface area (TPSA) is 58.2 Å². The van der Waals surface area contributed by atoms with Crippen LogP contribution in [0.4, 0.5) is 0 Å². The van der Waals surface area contributed by atoms with Crippen molar-refractivity contribution in [3.05, 3.63) is 0 Å². The van der Waals surface area contributed by atoms with E-state index in [2.05, 4.69) is 10.6 Å². The zero-order valence-electron chi connectivity index (χ0n) is 7.06. The van der Waals surface area contributed by atoms with Crippen LogP contribution in [0.3, 0.4) is 0 Å². The van der Waals surface area contributed by atoms with Gasteiger partial charge in [-0.2, -0.15) is 0 Å². The van der Waals surface area contributed by atoms with Crippen LogP contribution in [0.1, 0.15) is 25.7 Å². The first-order valence-electron chi connectivity index (χ1n) is 4.32. The van der Waals surface area contributed by atoms with E-state index in [-0.39, 0.29) is 11.8 Å². The molecule has 4 nitrogen and oxygen atoms in total. The van der Waals surface area contributed by atoms with Crippen LogP contribution in [-0.4, -0.2) is 24.9 Å². The number of hydrogen-bond acceptors (Lipinski definition) is 2. The molecule has 0 aliphatic carbocycles. The molecule has 0 radical (unpaired) electrons. The molecule has 0 bridgehead atoms. The van der Waals surface area contributed by atoms with E-state index < -0.39 is 0 Å². The largest absolute Gasteiger partial charge is 0.356 e. The SMILES string of the molecule is O=C1CCCNC(=O)CCCN1. The van der Waals surface area contributed by atoms with Crippen molar-refractivity contribution >= 4 is 11.8 Å². The monoisotopic (exact) mass is 170 g/mol. The van der Waals surface area contributed by atoms with Crippen LogP contribution in [0.2, 0.25) is 0 Å². The second-order valence-corrected chi connectivity index (χ2v) is 2.91. The minimum Gasteiger partial charge on any atom is -0.356 e. The lowest BCUT2D eigenvalue weighted by Gasteiger charge is -2.09. The molecule has 1 rings (SSSR count). The van der Waals surface area contributed by atoms with Gasteiger partial charge in [0.05, 0.1) is 0 Å². The summed E-state index contributed by atoms with van der Waals surface area (Å²) in [5, 5.41) is 5.51. The summed E-state index contributed by atoms with van der Waals surface area (Å²) in [5.41, 5.74) is 0. The number of rotatable bonds is 0. The van der Waals surface area contributed by atoms with Gasteiger partial charge in [0.25, 0.3) is 0 Å². The lowest BCUT2D eigenvalue weighted by Crippen LogP contribution is -2.31. The molecule has 0 aromatic heterocycles. The Morgan fingerprint density at radius 1 is 0.833 bits per heavy atom. The lowest BCUT2D eigenvalue weighted by molar-refractivity contribution is -0.124. The van der Waals surface area contributed by atoms with Gasteiger partial charge in [0, 0.05) is 25.9 Å². The van der Waals surface area contributed by atoms with Gasteiger partial charge < -0.3 is 10.6 Å². The Hall–Kier alpha value is -1.06. The Bertz CT molecular complexity index is 144. The van der Waals surface area contributed by atoms with Gasteiger partial charge in [0.15, 0.2) is 0 Å². The first kappa shape index (κ1) is 9.03. The lowest BCUT2D eigenvalue weighted by atomic mass is 10.2. The quantitative estimate of drug-likeness (QED) is 0.528. The number of hydrogen-bond donors (Lipinski definition) is 2. The van der Waals surface area contributed by atoms with Crippen LogP contribution < -0.4 is 10.6 Å². The zero-order valence-corrected chi connectivity index (χ0v) is 7.06. The smallest absolute Gasteiger partial charge is 0.220 e. The summed E-state index contributed by atoms with van der Waals surface area (Å²) in [4.78, 5) is 21.9. The van der Waals surface area contributed by atoms with Crippen molar-refractivity contribution < 1.29 is 9.59 Å². The van der Waals surface area contributed by atoms with E-state index in [1.54, 1.807) is 0 Å². The molecule has 0 atom stereocenters. The second kappa shape index (κ2) is 4.74. The van der Waals surface area contributed by atoms with Gasteiger partial charge in [0.1, 0.15) is 0 Å². The van der Waals surface area contributed by atoms with Crippen LogP contribution >= 0.6 is 0 Å². The second-order valence-electron chi connectivity index (χ2n) is 2.91. The molecule has 0 spiro atoms. The van der Waals surface area contributed by atoms with E-state index in [0.29, 0.717) is 25.9 Å². The molecule has 12 heavy (non-hydrogen) atoms. The van der Waals surface area contributed by atoms with Crippen molar-refractivity contribution in [1.29, 1.82) is 0 Å². The Kier molecular flexibility index (Phi) is 3.57. The van der Waals surface area contributed by atoms with Crippen molar-refractivity contribution in [3.63, 3.8) is 0 Å². The Morgan fingerprint density at radius 3 is 1.67 bits per heavy atom. The van der Waals surface area contributed by atoms with Gasteiger partial charge in [-0.05, 0) is 12.8 Å². The van der Waals surface area contributed by atoms with Gasteiger partial charge >= 0.3 is 0 Å². The van der Waals surface area contributed by atoms with Crippen molar-refractivity contribution in [1.82, 2.24) is 10.6 Å². The van der Waals surface area contributed by atoms with E-state index in [0.717, 1.165) is 12.8 Å². The Labute approximate surface area is 71.7 Å². The van der Waals surface area contributed by atoms with Gasteiger partial charge in [-0.25, -0.2) is 0 Å². The average molecular weight is 170 g/mol. The summed E-state index contributed by atoms with van der Waals surface area (Å²) in [6, 6.07) is 0. The molecule has 2 amide bonds. The molecule has 2 N–H and O–H groups in total. The van der Waals surface area contributed by atoms with Crippen LogP contribution in [0, 0.1) is 0 Å². The maximum absolute atomic E-state index is 11.0. The van der Waals surface area contributed by atoms with E-state index >= 15 is 0 Å². The normalized spacial score (nSPS) is 21.0. The van der Waals surface area contributed by atoms with Crippen molar-refractivity contribution in [2.45, 2.75) is 25.7 Å². The summed E-state index contributed by atoms with van der Waals surface area (Å²) >= 11 is 0. The first-order valence-corrected chi connectivity index (χ1v) is 4.32. The molecule has 1 aliphatic heterocycles. The highest BCUT2D eigenvalue weighted by atomic mass is 16.2. The minimum absolute atomic E-state index is 0.0890. The van der Waals surface area contributed by atoms with E-state index in [1.807, 2.05) is 0 Å². The van der Waals surface area contributed by atoms with Crippen molar-refractivity contribution in [3.8, 4) is 0 Å². The maximum Gasteiger partial charge on any atom is 0.220 e. The maximum atomic E-state index is 11.0. The molecule has 0 saturated carbocycles. The van der Waals surface area contributed by atoms with Gasteiger partial charge in [-0.15, -0.1) is 0 Å². The predicted octanol–water partition coefficient (Wildman–Crippen LogP) is -0.207. The third-order valence-electron chi connectivity index (χ3n) is 1.81. The Morgan fingerprint density at radius 2 is 1.25 bits per heavy atom. The molecule has 0 unspecified atom stereocenters. The van der Waals surface area contributed by atoms with Gasteiger partial charge in [-0.1, -0.05) is 0 Å². The van der Waals surface area contributed by atoms with E-state index in [9.17, 15) is 9.59 Å². The highest BCUT2D eigenvalue weighted by molar-refractivity contribution is 5.77. The number of carbonyl (C=O) groups excluding carboxylic acids is 2. The van der Waals surface area contributed by atoms with E-state index in [1.165, 1.54) is 0 Å². The fourth-order valence-corrected chi connectivity index (χ4v) is 1.13. The summed E-state index contributed by atoms with van der Waals surface area (Å²) in [7, 11) is 0. The van der Waals surface area contributed by atoms with Crippen molar-refractivity contribution in [2.75, 3.05) is 13.1 Å². The summed E-state index contributed by atoms with van der Waals surface area (Å²) in [6.45, 7) is 1.23. The van der Waals surface area contributed by atoms with Crippen molar-refractivity contribution in [2.24, 2.45) is 0 Å². The third kappa shape index (κ3) is 3.37. The Balaban J connectivity index is 2.29. The molecule has 1 heterocycles. The predicted molar refractivity (Wildman–Crippen MR) is 44.5 cm³/mol. The third-order valence-corrected chi connectivity index (χ3v) is 1.81. The van der Waals surface area contributed by atoms with Crippen LogP contribution in [-0.2, 0) is 9.59 Å². The fourth-order valence-electron chi connectivity index (χ4n) is 1.13. The van der Waals surface area contributed by atoms with Crippen LogP contribution in [0.5, 0.6) is 0 Å². The molecular weight excluding hydrogens is 156 g/mol.